The van der Waals surface area contributed by atoms with Crippen LogP contribution in [-0.2, 0) is 5.33 Å². The Balaban J connectivity index is 2.98. The van der Waals surface area contributed by atoms with E-state index in [1.54, 1.807) is 13.0 Å². The zero-order valence-electron chi connectivity index (χ0n) is 8.47. The first-order valence-electron chi connectivity index (χ1n) is 4.53. The van der Waals surface area contributed by atoms with Crippen LogP contribution in [0.4, 0.5) is 13.2 Å². The molecule has 1 aromatic rings. The maximum Gasteiger partial charge on any atom is 0.573 e. The molecule has 0 amide bonds. The van der Waals surface area contributed by atoms with E-state index in [0.717, 1.165) is 5.56 Å². The van der Waals surface area contributed by atoms with Crippen molar-refractivity contribution in [1.29, 1.82) is 0 Å². The third kappa shape index (κ3) is 3.92. The van der Waals surface area contributed by atoms with E-state index in [9.17, 15) is 13.2 Å². The Labute approximate surface area is 99.5 Å². The molecule has 16 heavy (non-hydrogen) atoms. The molecule has 0 aliphatic carbocycles. The van der Waals surface area contributed by atoms with Crippen molar-refractivity contribution in [3.8, 4) is 11.5 Å². The Hall–Kier alpha value is -0.910. The molecule has 0 aliphatic rings. The lowest BCUT2D eigenvalue weighted by Crippen LogP contribution is -2.17. The summed E-state index contributed by atoms with van der Waals surface area (Å²) in [7, 11) is 0. The van der Waals surface area contributed by atoms with Crippen LogP contribution < -0.4 is 9.47 Å². The molecule has 1 rings (SSSR count). The van der Waals surface area contributed by atoms with E-state index in [-0.39, 0.29) is 18.1 Å². The first-order chi connectivity index (χ1) is 7.46. The zero-order valence-corrected chi connectivity index (χ0v) is 10.1. The molecule has 0 unspecified atom stereocenters. The summed E-state index contributed by atoms with van der Waals surface area (Å²) < 4.78 is 45.1. The zero-order chi connectivity index (χ0) is 12.2. The van der Waals surface area contributed by atoms with Gasteiger partial charge >= 0.3 is 6.36 Å². The highest BCUT2D eigenvalue weighted by Gasteiger charge is 2.32. The molecule has 0 atom stereocenters. The van der Waals surface area contributed by atoms with Gasteiger partial charge in [0, 0.05) is 5.33 Å². The van der Waals surface area contributed by atoms with Crippen molar-refractivity contribution in [2.24, 2.45) is 0 Å². The lowest BCUT2D eigenvalue weighted by molar-refractivity contribution is -0.275. The molecule has 0 aliphatic heterocycles. The van der Waals surface area contributed by atoms with Gasteiger partial charge in [-0.1, -0.05) is 22.0 Å². The maximum atomic E-state index is 12.1. The summed E-state index contributed by atoms with van der Waals surface area (Å²) in [5.41, 5.74) is 0.818. The molecule has 2 nitrogen and oxygen atoms in total. The Kier molecular flexibility index (Phi) is 4.46. The summed E-state index contributed by atoms with van der Waals surface area (Å²) in [6.07, 6.45) is -4.71. The fraction of sp³-hybridized carbons (Fsp3) is 0.400. The van der Waals surface area contributed by atoms with E-state index in [0.29, 0.717) is 5.33 Å². The number of halogens is 4. The van der Waals surface area contributed by atoms with Gasteiger partial charge in [-0.2, -0.15) is 0 Å². The van der Waals surface area contributed by atoms with Crippen molar-refractivity contribution in [2.75, 3.05) is 6.61 Å². The smallest absolute Gasteiger partial charge is 0.490 e. The standard InChI is InChI=1S/C10H10BrF3O2/c1-2-15-9-5-7(6-11)3-4-8(9)16-10(12,13)14/h3-5H,2,6H2,1H3. The summed E-state index contributed by atoms with van der Waals surface area (Å²) in [4.78, 5) is 0. The average Bonchev–Trinajstić information content (AvgIpc) is 2.19. The van der Waals surface area contributed by atoms with Crippen LogP contribution in [-0.4, -0.2) is 13.0 Å². The lowest BCUT2D eigenvalue weighted by atomic mass is 10.2. The molecule has 0 fully saturated rings. The van der Waals surface area contributed by atoms with Crippen LogP contribution in [0.1, 0.15) is 12.5 Å². The molecule has 0 saturated carbocycles. The van der Waals surface area contributed by atoms with Crippen LogP contribution in [0.3, 0.4) is 0 Å². The third-order valence-corrected chi connectivity index (χ3v) is 2.34. The van der Waals surface area contributed by atoms with Gasteiger partial charge < -0.3 is 9.47 Å². The number of rotatable bonds is 4. The second-order valence-corrected chi connectivity index (χ2v) is 3.46. The minimum atomic E-state index is -4.71. The topological polar surface area (TPSA) is 18.5 Å². The number of alkyl halides is 4. The second-order valence-electron chi connectivity index (χ2n) is 2.90. The van der Waals surface area contributed by atoms with Crippen LogP contribution in [0.5, 0.6) is 11.5 Å². The van der Waals surface area contributed by atoms with E-state index in [2.05, 4.69) is 20.7 Å². The normalized spacial score (nSPS) is 11.3. The van der Waals surface area contributed by atoms with Crippen LogP contribution in [0.15, 0.2) is 18.2 Å². The molecule has 0 spiro atoms. The maximum absolute atomic E-state index is 12.1. The van der Waals surface area contributed by atoms with Gasteiger partial charge in [-0.15, -0.1) is 13.2 Å². The highest BCUT2D eigenvalue weighted by molar-refractivity contribution is 9.08. The second kappa shape index (κ2) is 5.43. The predicted molar refractivity (Wildman–Crippen MR) is 56.9 cm³/mol. The van der Waals surface area contributed by atoms with Gasteiger partial charge in [-0.3, -0.25) is 0 Å². The molecule has 0 radical (unpaired) electrons. The Morgan fingerprint density at radius 3 is 2.44 bits per heavy atom. The number of hydrogen-bond donors (Lipinski definition) is 0. The van der Waals surface area contributed by atoms with Crippen LogP contribution in [0.25, 0.3) is 0 Å². The summed E-state index contributed by atoms with van der Waals surface area (Å²) >= 11 is 3.21. The molecule has 90 valence electrons. The summed E-state index contributed by atoms with van der Waals surface area (Å²) in [5, 5.41) is 0.541. The molecule has 0 aromatic heterocycles. The van der Waals surface area contributed by atoms with Crippen molar-refractivity contribution >= 4 is 15.9 Å². The molecular formula is C10H10BrF3O2. The van der Waals surface area contributed by atoms with Gasteiger partial charge in [0.2, 0.25) is 0 Å². The number of hydrogen-bond acceptors (Lipinski definition) is 2. The van der Waals surface area contributed by atoms with Gasteiger partial charge in [0.15, 0.2) is 11.5 Å². The minimum Gasteiger partial charge on any atom is -0.490 e. The van der Waals surface area contributed by atoms with Crippen LogP contribution in [0, 0.1) is 0 Å². The quantitative estimate of drug-likeness (QED) is 0.786. The number of ether oxygens (including phenoxy) is 2. The Bertz CT molecular complexity index is 352. The first kappa shape index (κ1) is 13.2. The van der Waals surface area contributed by atoms with Crippen molar-refractivity contribution in [3.63, 3.8) is 0 Å². The summed E-state index contributed by atoms with van der Waals surface area (Å²) in [6, 6.07) is 4.30. The van der Waals surface area contributed by atoms with Crippen molar-refractivity contribution in [1.82, 2.24) is 0 Å². The fourth-order valence-corrected chi connectivity index (χ4v) is 1.46. The lowest BCUT2D eigenvalue weighted by Gasteiger charge is -2.14. The first-order valence-corrected chi connectivity index (χ1v) is 5.66. The molecule has 1 aromatic carbocycles. The van der Waals surface area contributed by atoms with Crippen molar-refractivity contribution < 1.29 is 22.6 Å². The average molecular weight is 299 g/mol. The SMILES string of the molecule is CCOc1cc(CBr)ccc1OC(F)(F)F. The molecule has 0 saturated heterocycles. The van der Waals surface area contributed by atoms with Crippen molar-refractivity contribution in [3.05, 3.63) is 23.8 Å². The van der Waals surface area contributed by atoms with Gasteiger partial charge in [0.1, 0.15) is 0 Å². The van der Waals surface area contributed by atoms with Crippen LogP contribution in [0.2, 0.25) is 0 Å². The highest BCUT2D eigenvalue weighted by Crippen LogP contribution is 2.33. The van der Waals surface area contributed by atoms with Gasteiger partial charge in [-0.25, -0.2) is 0 Å². The number of benzene rings is 1. The Morgan fingerprint density at radius 2 is 1.94 bits per heavy atom. The Morgan fingerprint density at radius 1 is 1.25 bits per heavy atom. The minimum absolute atomic E-state index is 0.0942. The van der Waals surface area contributed by atoms with E-state index in [1.807, 2.05) is 0 Å². The van der Waals surface area contributed by atoms with Gasteiger partial charge in [0.25, 0.3) is 0 Å². The van der Waals surface area contributed by atoms with E-state index >= 15 is 0 Å². The monoisotopic (exact) mass is 298 g/mol. The largest absolute Gasteiger partial charge is 0.573 e. The van der Waals surface area contributed by atoms with Gasteiger partial charge in [0.05, 0.1) is 6.61 Å². The molecule has 0 N–H and O–H groups in total. The fourth-order valence-electron chi connectivity index (χ4n) is 1.11. The van der Waals surface area contributed by atoms with E-state index in [4.69, 9.17) is 4.74 Å². The highest BCUT2D eigenvalue weighted by atomic mass is 79.9. The third-order valence-electron chi connectivity index (χ3n) is 1.69. The predicted octanol–water partition coefficient (Wildman–Crippen LogP) is 3.88. The molecule has 0 bridgehead atoms. The van der Waals surface area contributed by atoms with Crippen LogP contribution >= 0.6 is 15.9 Å². The molecule has 6 heteroatoms. The molecular weight excluding hydrogens is 289 g/mol. The summed E-state index contributed by atoms with van der Waals surface area (Å²) in [5.74, 6) is -0.226. The van der Waals surface area contributed by atoms with E-state index < -0.39 is 6.36 Å². The summed E-state index contributed by atoms with van der Waals surface area (Å²) in [6.45, 7) is 1.97. The molecule has 0 heterocycles. The van der Waals surface area contributed by atoms with Gasteiger partial charge in [-0.05, 0) is 24.6 Å². The van der Waals surface area contributed by atoms with E-state index in [1.165, 1.54) is 12.1 Å². The van der Waals surface area contributed by atoms with Crippen molar-refractivity contribution in [2.45, 2.75) is 18.6 Å².